The second-order valence-electron chi connectivity index (χ2n) is 7.07. The molecule has 9 heteroatoms. The van der Waals surface area contributed by atoms with Crippen LogP contribution in [0.25, 0.3) is 0 Å². The zero-order valence-electron chi connectivity index (χ0n) is 15.4. The van der Waals surface area contributed by atoms with Crippen LogP contribution < -0.4 is 5.32 Å². The number of urea groups is 1. The van der Waals surface area contributed by atoms with Gasteiger partial charge in [-0.3, -0.25) is 4.79 Å². The molecule has 1 fully saturated rings. The molecule has 1 aliphatic heterocycles. The predicted octanol–water partition coefficient (Wildman–Crippen LogP) is 1.50. The summed E-state index contributed by atoms with van der Waals surface area (Å²) in [5.41, 5.74) is -0.276. The molecule has 26 heavy (non-hydrogen) atoms. The number of nitrogens with one attached hydrogen (secondary N) is 1. The first-order chi connectivity index (χ1) is 12.0. The number of amides is 2. The van der Waals surface area contributed by atoms with Crippen molar-refractivity contribution in [3.05, 3.63) is 29.8 Å². The molecule has 0 aromatic heterocycles. The minimum atomic E-state index is -3.56. The van der Waals surface area contributed by atoms with Crippen molar-refractivity contribution in [3.8, 4) is 0 Å². The van der Waals surface area contributed by atoms with E-state index in [9.17, 15) is 23.1 Å². The van der Waals surface area contributed by atoms with Crippen molar-refractivity contribution in [2.24, 2.45) is 5.41 Å². The molecular weight excluding hydrogens is 358 g/mol. The Morgan fingerprint density at radius 2 is 2.00 bits per heavy atom. The van der Waals surface area contributed by atoms with E-state index in [1.54, 1.807) is 26.0 Å². The van der Waals surface area contributed by atoms with E-state index in [4.69, 9.17) is 0 Å². The van der Waals surface area contributed by atoms with Crippen LogP contribution in [0.4, 0.5) is 4.79 Å². The molecule has 144 valence electrons. The van der Waals surface area contributed by atoms with Gasteiger partial charge in [-0.25, -0.2) is 17.5 Å². The number of hydrogen-bond acceptors (Lipinski definition) is 4. The lowest BCUT2D eigenvalue weighted by Crippen LogP contribution is -2.41. The third kappa shape index (κ3) is 3.99. The minimum absolute atomic E-state index is 0.149. The van der Waals surface area contributed by atoms with Gasteiger partial charge in [0.25, 0.3) is 0 Å². The van der Waals surface area contributed by atoms with Crippen molar-refractivity contribution in [1.82, 2.24) is 14.5 Å². The lowest BCUT2D eigenvalue weighted by Gasteiger charge is -2.23. The predicted molar refractivity (Wildman–Crippen MR) is 96.2 cm³/mol. The summed E-state index contributed by atoms with van der Waals surface area (Å²) < 4.78 is 25.6. The van der Waals surface area contributed by atoms with Gasteiger partial charge in [-0.05, 0) is 38.0 Å². The number of carboxylic acid groups (broad SMARTS) is 1. The van der Waals surface area contributed by atoms with Gasteiger partial charge in [0.15, 0.2) is 0 Å². The fourth-order valence-corrected chi connectivity index (χ4v) is 3.78. The second kappa shape index (κ2) is 7.24. The van der Waals surface area contributed by atoms with Gasteiger partial charge in [0.2, 0.25) is 10.0 Å². The molecular formula is C17H25N3O5S. The van der Waals surface area contributed by atoms with Gasteiger partial charge in [0.1, 0.15) is 0 Å². The summed E-state index contributed by atoms with van der Waals surface area (Å²) in [6.07, 6.45) is 0.403. The van der Waals surface area contributed by atoms with Crippen LogP contribution in [0.3, 0.4) is 0 Å². The number of hydrogen-bond donors (Lipinski definition) is 2. The fourth-order valence-electron chi connectivity index (χ4n) is 2.82. The minimum Gasteiger partial charge on any atom is -0.481 e. The molecule has 2 amide bonds. The number of aliphatic carboxylic acids is 1. The van der Waals surface area contributed by atoms with E-state index in [1.165, 1.54) is 31.1 Å². The van der Waals surface area contributed by atoms with Crippen LogP contribution in [0.15, 0.2) is 29.2 Å². The van der Waals surface area contributed by atoms with Gasteiger partial charge < -0.3 is 15.3 Å². The zero-order chi connectivity index (χ0) is 19.7. The van der Waals surface area contributed by atoms with Crippen LogP contribution in [0, 0.1) is 5.41 Å². The van der Waals surface area contributed by atoms with Crippen LogP contribution >= 0.6 is 0 Å². The highest BCUT2D eigenvalue weighted by atomic mass is 32.2. The monoisotopic (exact) mass is 383 g/mol. The topological polar surface area (TPSA) is 107 Å². The maximum Gasteiger partial charge on any atom is 0.317 e. The van der Waals surface area contributed by atoms with Crippen molar-refractivity contribution in [2.45, 2.75) is 31.2 Å². The van der Waals surface area contributed by atoms with E-state index in [1.807, 2.05) is 0 Å². The first-order valence-electron chi connectivity index (χ1n) is 8.29. The van der Waals surface area contributed by atoms with Gasteiger partial charge in [0, 0.05) is 27.2 Å². The van der Waals surface area contributed by atoms with Gasteiger partial charge in [-0.15, -0.1) is 0 Å². The molecule has 0 radical (unpaired) electrons. The Balaban J connectivity index is 2.10. The summed E-state index contributed by atoms with van der Waals surface area (Å²) >= 11 is 0. The summed E-state index contributed by atoms with van der Waals surface area (Å²) in [7, 11) is -0.640. The van der Waals surface area contributed by atoms with E-state index in [2.05, 4.69) is 5.32 Å². The molecule has 1 aromatic carbocycles. The highest BCUT2D eigenvalue weighted by Crippen LogP contribution is 2.30. The summed E-state index contributed by atoms with van der Waals surface area (Å²) in [5, 5.41) is 12.1. The first-order valence-corrected chi connectivity index (χ1v) is 9.73. The molecule has 2 rings (SSSR count). The van der Waals surface area contributed by atoms with Gasteiger partial charge in [0.05, 0.1) is 16.4 Å². The number of carbonyl (C=O) groups is 2. The second-order valence-corrected chi connectivity index (χ2v) is 9.22. The number of sulfonamides is 1. The van der Waals surface area contributed by atoms with Crippen molar-refractivity contribution in [3.63, 3.8) is 0 Å². The van der Waals surface area contributed by atoms with Crippen LogP contribution in [0.5, 0.6) is 0 Å². The summed E-state index contributed by atoms with van der Waals surface area (Å²) in [6.45, 7) is 3.90. The van der Waals surface area contributed by atoms with E-state index >= 15 is 0 Å². The average molecular weight is 383 g/mol. The average Bonchev–Trinajstić information content (AvgIpc) is 2.99. The maximum absolute atomic E-state index is 12.4. The van der Waals surface area contributed by atoms with E-state index in [-0.39, 0.29) is 17.5 Å². The normalized spacial score (nSPS) is 21.7. The van der Waals surface area contributed by atoms with E-state index in [0.29, 0.717) is 18.5 Å². The molecule has 1 aliphatic rings. The largest absolute Gasteiger partial charge is 0.481 e. The summed E-state index contributed by atoms with van der Waals surface area (Å²) in [6, 6.07) is 5.63. The zero-order valence-corrected chi connectivity index (χ0v) is 16.2. The standard InChI is InChI=1S/C17H25N3O5S/c1-12(13-6-5-7-14(10-13)26(24,25)19(3)4)18-16(23)20-9-8-17(2,11-20)15(21)22/h5-7,10,12H,8-9,11H2,1-4H3,(H,18,23)(H,21,22). The molecule has 0 spiro atoms. The number of benzene rings is 1. The number of rotatable bonds is 5. The first kappa shape index (κ1) is 20.2. The van der Waals surface area contributed by atoms with Crippen molar-refractivity contribution in [2.75, 3.05) is 27.2 Å². The number of carboxylic acids is 1. The Bertz CT molecular complexity index is 808. The van der Waals surface area contributed by atoms with Crippen LogP contribution in [-0.2, 0) is 14.8 Å². The Hall–Kier alpha value is -2.13. The fraction of sp³-hybridized carbons (Fsp3) is 0.529. The molecule has 2 unspecified atom stereocenters. The smallest absolute Gasteiger partial charge is 0.317 e. The Labute approximate surface area is 153 Å². The van der Waals surface area contributed by atoms with Gasteiger partial charge in [-0.1, -0.05) is 12.1 Å². The lowest BCUT2D eigenvalue weighted by atomic mass is 9.90. The highest BCUT2D eigenvalue weighted by Gasteiger charge is 2.42. The van der Waals surface area contributed by atoms with Crippen molar-refractivity contribution >= 4 is 22.0 Å². The Morgan fingerprint density at radius 1 is 1.35 bits per heavy atom. The number of likely N-dealkylation sites (tertiary alicyclic amines) is 1. The molecule has 1 saturated heterocycles. The van der Waals surface area contributed by atoms with Crippen molar-refractivity contribution in [1.29, 1.82) is 0 Å². The molecule has 0 aliphatic carbocycles. The maximum atomic E-state index is 12.4. The Morgan fingerprint density at radius 3 is 2.54 bits per heavy atom. The van der Waals surface area contributed by atoms with Gasteiger partial charge >= 0.3 is 12.0 Å². The summed E-state index contributed by atoms with van der Waals surface area (Å²) in [4.78, 5) is 25.4. The SMILES string of the molecule is CC(NC(=O)N1CCC(C)(C(=O)O)C1)c1cccc(S(=O)(=O)N(C)C)c1. The van der Waals surface area contributed by atoms with Crippen LogP contribution in [-0.4, -0.2) is 61.9 Å². The van der Waals surface area contributed by atoms with Gasteiger partial charge in [-0.2, -0.15) is 0 Å². The third-order valence-electron chi connectivity index (χ3n) is 4.75. The van der Waals surface area contributed by atoms with Crippen LogP contribution in [0.2, 0.25) is 0 Å². The molecule has 2 atom stereocenters. The van der Waals surface area contributed by atoms with Crippen molar-refractivity contribution < 1.29 is 23.1 Å². The van der Waals surface area contributed by atoms with E-state index in [0.717, 1.165) is 4.31 Å². The number of nitrogens with zero attached hydrogens (tertiary/aromatic N) is 2. The molecule has 2 N–H and O–H groups in total. The quantitative estimate of drug-likeness (QED) is 0.801. The Kier molecular flexibility index (Phi) is 5.62. The number of carbonyl (C=O) groups excluding carboxylic acids is 1. The lowest BCUT2D eigenvalue weighted by molar-refractivity contribution is -0.147. The summed E-state index contributed by atoms with van der Waals surface area (Å²) in [5.74, 6) is -0.914. The molecule has 1 aromatic rings. The molecule has 8 nitrogen and oxygen atoms in total. The molecule has 1 heterocycles. The molecule has 0 bridgehead atoms. The highest BCUT2D eigenvalue weighted by molar-refractivity contribution is 7.89. The van der Waals surface area contributed by atoms with E-state index < -0.39 is 27.4 Å². The third-order valence-corrected chi connectivity index (χ3v) is 6.56. The van der Waals surface area contributed by atoms with Crippen LogP contribution in [0.1, 0.15) is 31.9 Å². The molecule has 0 saturated carbocycles.